The largest absolute Gasteiger partial charge is 0.396 e. The number of unbranched alkanes of at least 4 members (excludes halogenated alkanes) is 3. The van der Waals surface area contributed by atoms with E-state index < -0.39 is 29.1 Å². The Morgan fingerprint density at radius 1 is 1.07 bits per heavy atom. The van der Waals surface area contributed by atoms with Crippen LogP contribution in [0.4, 0.5) is 5.69 Å². The van der Waals surface area contributed by atoms with Gasteiger partial charge in [0.05, 0.1) is 17.4 Å². The van der Waals surface area contributed by atoms with Crippen molar-refractivity contribution in [3.8, 4) is 0 Å². The van der Waals surface area contributed by atoms with Gasteiger partial charge in [0, 0.05) is 38.5 Å². The van der Waals surface area contributed by atoms with Crippen molar-refractivity contribution in [3.63, 3.8) is 0 Å². The average molecular weight is 594 g/mol. The van der Waals surface area contributed by atoms with Crippen LogP contribution in [-0.4, -0.2) is 82.7 Å². The maximum Gasteiger partial charge on any atom is 0.253 e. The maximum atomic E-state index is 14.9. The van der Waals surface area contributed by atoms with Gasteiger partial charge < -0.3 is 24.5 Å². The number of anilines is 1. The predicted molar refractivity (Wildman–Crippen MR) is 170 cm³/mol. The molecule has 236 valence electrons. The summed E-state index contributed by atoms with van der Waals surface area (Å²) in [6, 6.07) is 5.20. The van der Waals surface area contributed by atoms with Crippen molar-refractivity contribution in [2.24, 2.45) is 11.8 Å². The molecule has 4 rings (SSSR count). The van der Waals surface area contributed by atoms with Crippen LogP contribution >= 0.6 is 0 Å². The Kier molecular flexibility index (Phi) is 10.5. The molecule has 1 aromatic rings. The quantitative estimate of drug-likeness (QED) is 0.216. The summed E-state index contributed by atoms with van der Waals surface area (Å²) in [4.78, 5) is 49.1. The number of aliphatic hydroxyl groups is 1. The van der Waals surface area contributed by atoms with E-state index in [9.17, 15) is 19.5 Å². The van der Waals surface area contributed by atoms with Gasteiger partial charge in [-0.3, -0.25) is 14.4 Å². The fourth-order valence-corrected chi connectivity index (χ4v) is 7.87. The van der Waals surface area contributed by atoms with Gasteiger partial charge >= 0.3 is 0 Å². The lowest BCUT2D eigenvalue weighted by Gasteiger charge is -2.37. The minimum atomic E-state index is -1.07. The molecule has 3 amide bonds. The summed E-state index contributed by atoms with van der Waals surface area (Å²) in [5.41, 5.74) is 0.945. The van der Waals surface area contributed by atoms with Crippen molar-refractivity contribution < 1.29 is 24.2 Å². The molecular formula is C35H51N3O5. The first-order valence-electron chi connectivity index (χ1n) is 16.2. The highest BCUT2D eigenvalue weighted by atomic mass is 16.5. The van der Waals surface area contributed by atoms with Crippen LogP contribution in [-0.2, 0) is 19.1 Å². The van der Waals surface area contributed by atoms with Crippen LogP contribution in [0.5, 0.6) is 0 Å². The molecule has 8 heteroatoms. The summed E-state index contributed by atoms with van der Waals surface area (Å²) in [7, 11) is 0. The third-order valence-electron chi connectivity index (χ3n) is 9.88. The molecule has 43 heavy (non-hydrogen) atoms. The lowest BCUT2D eigenvalue weighted by atomic mass is 9.64. The first-order valence-corrected chi connectivity index (χ1v) is 16.2. The Labute approximate surface area is 257 Å². The Morgan fingerprint density at radius 3 is 2.44 bits per heavy atom. The van der Waals surface area contributed by atoms with E-state index in [1.54, 1.807) is 26.9 Å². The second-order valence-corrected chi connectivity index (χ2v) is 12.6. The van der Waals surface area contributed by atoms with Gasteiger partial charge in [0.25, 0.3) is 5.91 Å². The van der Waals surface area contributed by atoms with Crippen molar-refractivity contribution >= 4 is 23.4 Å². The number of aliphatic hydroxyl groups excluding tert-OH is 1. The van der Waals surface area contributed by atoms with Gasteiger partial charge in [0.15, 0.2) is 0 Å². The molecule has 1 aromatic carbocycles. The molecule has 0 radical (unpaired) electrons. The molecule has 8 nitrogen and oxygen atoms in total. The monoisotopic (exact) mass is 593 g/mol. The van der Waals surface area contributed by atoms with Crippen LogP contribution in [0, 0.1) is 25.7 Å². The van der Waals surface area contributed by atoms with Crippen molar-refractivity contribution in [3.05, 3.63) is 54.6 Å². The van der Waals surface area contributed by atoms with Gasteiger partial charge in [-0.05, 0) is 69.6 Å². The van der Waals surface area contributed by atoms with Crippen LogP contribution < -0.4 is 4.90 Å². The molecule has 1 N–H and O–H groups in total. The van der Waals surface area contributed by atoms with E-state index in [1.807, 2.05) is 45.9 Å². The number of ether oxygens (including phenoxy) is 1. The highest BCUT2D eigenvalue weighted by Gasteiger charge is 2.79. The lowest BCUT2D eigenvalue weighted by Crippen LogP contribution is -2.56. The van der Waals surface area contributed by atoms with Crippen LogP contribution in [0.1, 0.15) is 76.3 Å². The summed E-state index contributed by atoms with van der Waals surface area (Å²) in [5.74, 6) is -1.77. The maximum absolute atomic E-state index is 14.9. The van der Waals surface area contributed by atoms with Gasteiger partial charge in [0.1, 0.15) is 11.6 Å². The number of aryl methyl sites for hydroxylation is 2. The van der Waals surface area contributed by atoms with E-state index in [-0.39, 0.29) is 24.3 Å². The molecule has 0 aromatic heterocycles. The summed E-state index contributed by atoms with van der Waals surface area (Å²) in [6.45, 7) is 17.7. The van der Waals surface area contributed by atoms with Crippen LogP contribution in [0.3, 0.4) is 0 Å². The summed E-state index contributed by atoms with van der Waals surface area (Å²) in [6.07, 6.45) is 9.13. The zero-order valence-electron chi connectivity index (χ0n) is 26.6. The number of likely N-dealkylation sites (tertiary alicyclic amines) is 1. The minimum absolute atomic E-state index is 0.0722. The van der Waals surface area contributed by atoms with Gasteiger partial charge in [-0.25, -0.2) is 0 Å². The van der Waals surface area contributed by atoms with Crippen molar-refractivity contribution in [2.45, 2.75) is 96.3 Å². The number of hydrogen-bond acceptors (Lipinski definition) is 5. The predicted octanol–water partition coefficient (Wildman–Crippen LogP) is 4.95. The molecule has 2 unspecified atom stereocenters. The highest BCUT2D eigenvalue weighted by Crippen LogP contribution is 2.64. The number of carbonyl (C=O) groups is 3. The topological polar surface area (TPSA) is 90.4 Å². The Balaban J connectivity index is 1.80. The second kappa shape index (κ2) is 13.8. The summed E-state index contributed by atoms with van der Waals surface area (Å²) < 4.78 is 7.02. The first kappa shape index (κ1) is 32.9. The summed E-state index contributed by atoms with van der Waals surface area (Å²) >= 11 is 0. The molecule has 5 atom stereocenters. The normalized spacial score (nSPS) is 27.3. The second-order valence-electron chi connectivity index (χ2n) is 12.6. The molecule has 1 spiro atoms. The van der Waals surface area contributed by atoms with E-state index >= 15 is 0 Å². The third kappa shape index (κ3) is 5.80. The van der Waals surface area contributed by atoms with Crippen molar-refractivity contribution in [2.75, 3.05) is 37.7 Å². The van der Waals surface area contributed by atoms with E-state index in [4.69, 9.17) is 4.74 Å². The summed E-state index contributed by atoms with van der Waals surface area (Å²) in [5, 5.41) is 9.24. The molecule has 2 bridgehead atoms. The molecule has 3 aliphatic heterocycles. The van der Waals surface area contributed by atoms with Gasteiger partial charge in [-0.2, -0.15) is 0 Å². The number of amides is 3. The number of benzene rings is 1. The standard InChI is InChI=1S/C35H51N3O5/c1-7-19-36(20-8-2)31(40)28-29-32(41)38(22-13-11-12-14-23-39)30(35(29)18-17-34(28,10-4)43-35)33(42)37(21-9-3)27-24-25(5)15-16-26(27)6/h7,9,15-16,24,28-30,39H,1,3,8,10-14,17-23H2,2,4-6H3/t28-,29-,30?,34+,35?/m0/s1. The molecular weight excluding hydrogens is 542 g/mol. The van der Waals surface area contributed by atoms with E-state index in [0.29, 0.717) is 58.3 Å². The molecule has 3 heterocycles. The Morgan fingerprint density at radius 2 is 1.79 bits per heavy atom. The minimum Gasteiger partial charge on any atom is -0.396 e. The highest BCUT2D eigenvalue weighted by molar-refractivity contribution is 6.05. The zero-order valence-corrected chi connectivity index (χ0v) is 26.6. The number of fused-ring (bicyclic) bond motifs is 1. The van der Waals surface area contributed by atoms with Gasteiger partial charge in [0.2, 0.25) is 11.8 Å². The lowest BCUT2D eigenvalue weighted by molar-refractivity contribution is -0.151. The smallest absolute Gasteiger partial charge is 0.253 e. The number of carbonyl (C=O) groups excluding carboxylic acids is 3. The average Bonchev–Trinajstić information content (AvgIpc) is 3.60. The van der Waals surface area contributed by atoms with E-state index in [1.165, 1.54) is 0 Å². The third-order valence-corrected chi connectivity index (χ3v) is 9.88. The van der Waals surface area contributed by atoms with Crippen LogP contribution in [0.25, 0.3) is 0 Å². The number of hydrogen-bond donors (Lipinski definition) is 1. The molecule has 3 aliphatic rings. The molecule has 0 saturated carbocycles. The van der Waals surface area contributed by atoms with Crippen LogP contribution in [0.2, 0.25) is 0 Å². The molecule has 3 fully saturated rings. The van der Waals surface area contributed by atoms with E-state index in [2.05, 4.69) is 13.2 Å². The fourth-order valence-electron chi connectivity index (χ4n) is 7.87. The number of rotatable bonds is 16. The SMILES string of the molecule is C=CCN(CCC)C(=O)[C@@H]1[C@H]2C(=O)N(CCCCCCO)C(C(=O)N(CC=C)c3cc(C)ccc3C)C23CC[C@@]1(CC)O3. The van der Waals surface area contributed by atoms with Crippen molar-refractivity contribution in [1.29, 1.82) is 0 Å². The Bertz CT molecular complexity index is 1220. The van der Waals surface area contributed by atoms with E-state index in [0.717, 1.165) is 36.1 Å². The van der Waals surface area contributed by atoms with Gasteiger partial charge in [-0.15, -0.1) is 13.2 Å². The molecule has 0 aliphatic carbocycles. The Hall–Kier alpha value is -2.97. The first-order chi connectivity index (χ1) is 20.7. The van der Waals surface area contributed by atoms with Crippen LogP contribution in [0.15, 0.2) is 43.5 Å². The molecule has 3 saturated heterocycles. The number of nitrogens with zero attached hydrogens (tertiary/aromatic N) is 3. The fraction of sp³-hybridized carbons (Fsp3) is 0.629. The zero-order chi connectivity index (χ0) is 31.4. The van der Waals surface area contributed by atoms with Crippen molar-refractivity contribution in [1.82, 2.24) is 9.80 Å². The van der Waals surface area contributed by atoms with Gasteiger partial charge in [-0.1, -0.05) is 51.0 Å².